The SMILES string of the molecule is Cc1[nH]cc(NC(=O)c2cc(I)ccc2Br)c1C(=O)O. The van der Waals surface area contributed by atoms with Crippen molar-refractivity contribution in [2.24, 2.45) is 0 Å². The first-order valence-corrected chi connectivity index (χ1v) is 7.45. The van der Waals surface area contributed by atoms with Crippen LogP contribution in [0, 0.1) is 10.5 Å². The van der Waals surface area contributed by atoms with Crippen LogP contribution in [0.2, 0.25) is 0 Å². The molecule has 1 heterocycles. The number of anilines is 1. The van der Waals surface area contributed by atoms with E-state index in [0.717, 1.165) is 3.57 Å². The average molecular weight is 449 g/mol. The van der Waals surface area contributed by atoms with Crippen molar-refractivity contribution in [3.8, 4) is 0 Å². The molecule has 20 heavy (non-hydrogen) atoms. The number of aryl methyl sites for hydroxylation is 1. The van der Waals surface area contributed by atoms with Crippen LogP contribution in [0.5, 0.6) is 0 Å². The number of aromatic nitrogens is 1. The van der Waals surface area contributed by atoms with Crippen molar-refractivity contribution >= 4 is 56.1 Å². The number of carboxylic acid groups (broad SMARTS) is 1. The maximum atomic E-state index is 12.2. The van der Waals surface area contributed by atoms with Crippen LogP contribution in [0.25, 0.3) is 0 Å². The Morgan fingerprint density at radius 2 is 2.10 bits per heavy atom. The highest BCUT2D eigenvalue weighted by molar-refractivity contribution is 14.1. The molecule has 2 aromatic rings. The normalized spacial score (nSPS) is 10.3. The average Bonchev–Trinajstić information content (AvgIpc) is 2.73. The lowest BCUT2D eigenvalue weighted by molar-refractivity contribution is 0.0697. The van der Waals surface area contributed by atoms with Gasteiger partial charge in [0, 0.05) is 19.9 Å². The third kappa shape index (κ3) is 3.04. The highest BCUT2D eigenvalue weighted by Crippen LogP contribution is 2.23. The molecule has 1 aromatic carbocycles. The molecule has 0 unspecified atom stereocenters. The van der Waals surface area contributed by atoms with Crippen molar-refractivity contribution in [2.75, 3.05) is 5.32 Å². The van der Waals surface area contributed by atoms with Crippen molar-refractivity contribution < 1.29 is 14.7 Å². The Morgan fingerprint density at radius 3 is 2.75 bits per heavy atom. The molecule has 0 bridgehead atoms. The van der Waals surface area contributed by atoms with E-state index in [2.05, 4.69) is 48.8 Å². The molecule has 0 aliphatic carbocycles. The number of benzene rings is 1. The number of rotatable bonds is 3. The predicted octanol–water partition coefficient (Wildman–Crippen LogP) is 3.64. The van der Waals surface area contributed by atoms with Crippen LogP contribution in [-0.4, -0.2) is 22.0 Å². The Bertz CT molecular complexity index is 697. The fourth-order valence-corrected chi connectivity index (χ4v) is 2.68. The smallest absolute Gasteiger partial charge is 0.339 e. The molecule has 2 rings (SSSR count). The maximum absolute atomic E-state index is 12.2. The lowest BCUT2D eigenvalue weighted by Gasteiger charge is -2.07. The van der Waals surface area contributed by atoms with E-state index in [1.54, 1.807) is 19.1 Å². The van der Waals surface area contributed by atoms with Crippen molar-refractivity contribution in [2.45, 2.75) is 6.92 Å². The summed E-state index contributed by atoms with van der Waals surface area (Å²) in [6.45, 7) is 1.64. The van der Waals surface area contributed by atoms with Gasteiger partial charge in [0.05, 0.1) is 11.3 Å². The number of aromatic amines is 1. The molecular formula is C13H10BrIN2O3. The van der Waals surface area contributed by atoms with E-state index in [1.165, 1.54) is 6.20 Å². The summed E-state index contributed by atoms with van der Waals surface area (Å²) in [6.07, 6.45) is 1.47. The standard InChI is InChI=1S/C13H10BrIN2O3/c1-6-11(13(19)20)10(5-16-6)17-12(18)8-4-7(15)2-3-9(8)14/h2-5,16H,1H3,(H,17,18)(H,19,20). The van der Waals surface area contributed by atoms with E-state index in [-0.39, 0.29) is 17.2 Å². The minimum absolute atomic E-state index is 0.0695. The van der Waals surface area contributed by atoms with Gasteiger partial charge in [-0.3, -0.25) is 4.79 Å². The van der Waals surface area contributed by atoms with Gasteiger partial charge in [0.1, 0.15) is 5.56 Å². The van der Waals surface area contributed by atoms with Crippen LogP contribution in [0.3, 0.4) is 0 Å². The van der Waals surface area contributed by atoms with Crippen LogP contribution >= 0.6 is 38.5 Å². The number of carbonyl (C=O) groups excluding carboxylic acids is 1. The second kappa shape index (κ2) is 5.96. The molecule has 3 N–H and O–H groups in total. The predicted molar refractivity (Wildman–Crippen MR) is 87.3 cm³/mol. The van der Waals surface area contributed by atoms with Crippen molar-refractivity contribution in [3.63, 3.8) is 0 Å². The Hall–Kier alpha value is -1.35. The zero-order valence-electron chi connectivity index (χ0n) is 10.3. The van der Waals surface area contributed by atoms with Gasteiger partial charge in [-0.05, 0) is 63.6 Å². The monoisotopic (exact) mass is 448 g/mol. The highest BCUT2D eigenvalue weighted by Gasteiger charge is 2.18. The molecule has 0 aliphatic rings. The summed E-state index contributed by atoms with van der Waals surface area (Å²) in [5.74, 6) is -1.45. The Balaban J connectivity index is 2.33. The first-order chi connectivity index (χ1) is 9.40. The highest BCUT2D eigenvalue weighted by atomic mass is 127. The number of nitrogens with one attached hydrogen (secondary N) is 2. The summed E-state index contributed by atoms with van der Waals surface area (Å²) in [7, 11) is 0. The van der Waals surface area contributed by atoms with Gasteiger partial charge in [0.2, 0.25) is 0 Å². The van der Waals surface area contributed by atoms with Crippen LogP contribution in [0.15, 0.2) is 28.9 Å². The molecule has 0 fully saturated rings. The number of carboxylic acids is 1. The molecule has 0 saturated heterocycles. The second-order valence-corrected chi connectivity index (χ2v) is 6.19. The molecule has 104 valence electrons. The molecule has 0 atom stereocenters. The Labute approximate surface area is 137 Å². The summed E-state index contributed by atoms with van der Waals surface area (Å²) in [4.78, 5) is 26.2. The van der Waals surface area contributed by atoms with E-state index in [0.29, 0.717) is 15.7 Å². The van der Waals surface area contributed by atoms with Gasteiger partial charge in [0.15, 0.2) is 0 Å². The van der Waals surface area contributed by atoms with Crippen LogP contribution in [0.4, 0.5) is 5.69 Å². The molecule has 0 aliphatic heterocycles. The van der Waals surface area contributed by atoms with E-state index in [1.807, 2.05) is 6.07 Å². The molecule has 0 saturated carbocycles. The minimum Gasteiger partial charge on any atom is -0.478 e. The fourth-order valence-electron chi connectivity index (χ4n) is 1.76. The number of amides is 1. The Morgan fingerprint density at radius 1 is 1.40 bits per heavy atom. The van der Waals surface area contributed by atoms with Gasteiger partial charge in [-0.25, -0.2) is 4.79 Å². The first-order valence-electron chi connectivity index (χ1n) is 5.58. The topological polar surface area (TPSA) is 82.2 Å². The van der Waals surface area contributed by atoms with Gasteiger partial charge < -0.3 is 15.4 Å². The summed E-state index contributed by atoms with van der Waals surface area (Å²) in [5, 5.41) is 11.7. The quantitative estimate of drug-likeness (QED) is 0.627. The summed E-state index contributed by atoms with van der Waals surface area (Å²) >= 11 is 5.42. The van der Waals surface area contributed by atoms with E-state index >= 15 is 0 Å². The third-order valence-corrected chi connectivity index (χ3v) is 4.07. The molecule has 0 spiro atoms. The molecular weight excluding hydrogens is 439 g/mol. The summed E-state index contributed by atoms with van der Waals surface area (Å²) < 4.78 is 1.57. The van der Waals surface area contributed by atoms with Crippen molar-refractivity contribution in [1.29, 1.82) is 0 Å². The lowest BCUT2D eigenvalue weighted by atomic mass is 10.2. The van der Waals surface area contributed by atoms with Crippen molar-refractivity contribution in [3.05, 3.63) is 49.3 Å². The van der Waals surface area contributed by atoms with Gasteiger partial charge in [0.25, 0.3) is 5.91 Å². The van der Waals surface area contributed by atoms with Gasteiger partial charge in [-0.1, -0.05) is 0 Å². The van der Waals surface area contributed by atoms with Crippen LogP contribution in [0.1, 0.15) is 26.4 Å². The fraction of sp³-hybridized carbons (Fsp3) is 0.0769. The third-order valence-electron chi connectivity index (χ3n) is 2.71. The lowest BCUT2D eigenvalue weighted by Crippen LogP contribution is -2.14. The summed E-state index contributed by atoms with van der Waals surface area (Å²) in [5.41, 5.74) is 1.27. The molecule has 1 amide bonds. The minimum atomic E-state index is -1.08. The molecule has 0 radical (unpaired) electrons. The zero-order chi connectivity index (χ0) is 14.9. The number of halogens is 2. The maximum Gasteiger partial charge on any atom is 0.339 e. The van der Waals surface area contributed by atoms with Crippen LogP contribution < -0.4 is 5.32 Å². The number of aromatic carboxylic acids is 1. The summed E-state index contributed by atoms with van der Waals surface area (Å²) in [6, 6.07) is 5.36. The second-order valence-electron chi connectivity index (χ2n) is 4.09. The number of hydrogen-bond acceptors (Lipinski definition) is 2. The van der Waals surface area contributed by atoms with Crippen molar-refractivity contribution in [1.82, 2.24) is 4.98 Å². The first kappa shape index (κ1) is 15.0. The largest absolute Gasteiger partial charge is 0.478 e. The van der Waals surface area contributed by atoms with E-state index < -0.39 is 5.97 Å². The number of H-pyrrole nitrogens is 1. The Kier molecular flexibility index (Phi) is 4.48. The molecule has 7 heteroatoms. The van der Waals surface area contributed by atoms with Crippen LogP contribution in [-0.2, 0) is 0 Å². The van der Waals surface area contributed by atoms with Gasteiger partial charge >= 0.3 is 5.97 Å². The zero-order valence-corrected chi connectivity index (χ0v) is 14.1. The number of carbonyl (C=O) groups is 2. The van der Waals surface area contributed by atoms with E-state index in [4.69, 9.17) is 5.11 Å². The number of hydrogen-bond donors (Lipinski definition) is 3. The van der Waals surface area contributed by atoms with E-state index in [9.17, 15) is 9.59 Å². The molecule has 5 nitrogen and oxygen atoms in total. The van der Waals surface area contributed by atoms with Gasteiger partial charge in [-0.2, -0.15) is 0 Å². The molecule has 1 aromatic heterocycles. The van der Waals surface area contributed by atoms with Gasteiger partial charge in [-0.15, -0.1) is 0 Å².